The van der Waals surface area contributed by atoms with Gasteiger partial charge in [-0.1, -0.05) is 0 Å². The average Bonchev–Trinajstić information content (AvgIpc) is 3.05. The zero-order chi connectivity index (χ0) is 17.1. The number of anilines is 1. The van der Waals surface area contributed by atoms with Crippen molar-refractivity contribution in [3.05, 3.63) is 41.7 Å². The smallest absolute Gasteiger partial charge is 0.276 e. The van der Waals surface area contributed by atoms with E-state index in [0.29, 0.717) is 0 Å². The van der Waals surface area contributed by atoms with E-state index in [1.165, 1.54) is 7.11 Å². The van der Waals surface area contributed by atoms with Crippen LogP contribution in [0.3, 0.4) is 0 Å². The summed E-state index contributed by atoms with van der Waals surface area (Å²) >= 11 is 0. The summed E-state index contributed by atoms with van der Waals surface area (Å²) in [4.78, 5) is 12.2. The Morgan fingerprint density at radius 1 is 1.42 bits per heavy atom. The number of aromatic nitrogens is 2. The molecule has 1 unspecified atom stereocenters. The molecule has 0 bridgehead atoms. The summed E-state index contributed by atoms with van der Waals surface area (Å²) in [6.07, 6.45) is 3.78. The van der Waals surface area contributed by atoms with Gasteiger partial charge in [0.05, 0.1) is 13.2 Å². The number of ether oxygens (including phenoxy) is 1. The molecule has 1 aliphatic rings. The first-order valence-corrected chi connectivity index (χ1v) is 7.68. The first-order valence-electron chi connectivity index (χ1n) is 7.68. The molecule has 1 aliphatic heterocycles. The number of nitrogens with zero attached hydrogens (tertiary/aromatic N) is 2. The van der Waals surface area contributed by atoms with Crippen molar-refractivity contribution in [2.75, 3.05) is 25.5 Å². The van der Waals surface area contributed by atoms with E-state index < -0.39 is 23.3 Å². The molecule has 1 fully saturated rings. The second kappa shape index (κ2) is 6.96. The van der Waals surface area contributed by atoms with Gasteiger partial charge in [0.15, 0.2) is 23.1 Å². The van der Waals surface area contributed by atoms with E-state index in [9.17, 15) is 13.6 Å². The molecule has 128 valence electrons. The zero-order valence-electron chi connectivity index (χ0n) is 13.2. The van der Waals surface area contributed by atoms with Crippen LogP contribution >= 0.6 is 0 Å². The highest BCUT2D eigenvalue weighted by molar-refractivity contribution is 6.02. The summed E-state index contributed by atoms with van der Waals surface area (Å²) in [6, 6.07) is 3.79. The molecule has 3 rings (SSSR count). The number of rotatable bonds is 4. The van der Waals surface area contributed by atoms with E-state index in [0.717, 1.165) is 38.1 Å². The van der Waals surface area contributed by atoms with Gasteiger partial charge in [0, 0.05) is 30.6 Å². The van der Waals surface area contributed by atoms with Crippen LogP contribution in [0.25, 0.3) is 0 Å². The van der Waals surface area contributed by atoms with Crippen molar-refractivity contribution >= 4 is 11.6 Å². The second-order valence-corrected chi connectivity index (χ2v) is 5.61. The molecule has 6 nitrogen and oxygen atoms in total. The number of halogens is 2. The van der Waals surface area contributed by atoms with Gasteiger partial charge in [-0.25, -0.2) is 8.78 Å². The normalized spacial score (nSPS) is 17.5. The molecule has 1 aromatic carbocycles. The molecule has 8 heteroatoms. The molecule has 1 saturated heterocycles. The van der Waals surface area contributed by atoms with Crippen LogP contribution in [0.1, 0.15) is 29.4 Å². The lowest BCUT2D eigenvalue weighted by Crippen LogP contribution is -2.32. The number of hydrogen-bond acceptors (Lipinski definition) is 4. The Morgan fingerprint density at radius 3 is 2.79 bits per heavy atom. The van der Waals surface area contributed by atoms with Crippen molar-refractivity contribution in [2.45, 2.75) is 18.9 Å². The highest BCUT2D eigenvalue weighted by Crippen LogP contribution is 2.25. The maximum absolute atomic E-state index is 13.7. The number of carbonyl (C=O) groups excluding carboxylic acids is 1. The van der Waals surface area contributed by atoms with Crippen LogP contribution in [0.4, 0.5) is 14.5 Å². The van der Waals surface area contributed by atoms with E-state index in [1.54, 1.807) is 16.9 Å². The molecule has 0 spiro atoms. The van der Waals surface area contributed by atoms with Crippen molar-refractivity contribution in [1.82, 2.24) is 15.1 Å². The number of hydrogen-bond donors (Lipinski definition) is 2. The SMILES string of the molecule is COc1c(F)cc(NC(=O)c2ccn(C3CCCNC3)n2)cc1F. The van der Waals surface area contributed by atoms with Crippen molar-refractivity contribution in [3.8, 4) is 5.75 Å². The van der Waals surface area contributed by atoms with Crippen LogP contribution in [-0.4, -0.2) is 35.9 Å². The Balaban J connectivity index is 1.72. The van der Waals surface area contributed by atoms with Crippen LogP contribution < -0.4 is 15.4 Å². The van der Waals surface area contributed by atoms with E-state index >= 15 is 0 Å². The van der Waals surface area contributed by atoms with Gasteiger partial charge in [-0.3, -0.25) is 9.48 Å². The molecule has 1 aromatic heterocycles. The molecule has 2 N–H and O–H groups in total. The molecule has 24 heavy (non-hydrogen) atoms. The van der Waals surface area contributed by atoms with Gasteiger partial charge in [-0.15, -0.1) is 0 Å². The van der Waals surface area contributed by atoms with Crippen molar-refractivity contribution in [3.63, 3.8) is 0 Å². The maximum atomic E-state index is 13.7. The van der Waals surface area contributed by atoms with Gasteiger partial charge in [-0.05, 0) is 25.5 Å². The van der Waals surface area contributed by atoms with Crippen molar-refractivity contribution in [1.29, 1.82) is 0 Å². The summed E-state index contributed by atoms with van der Waals surface area (Å²) in [5.41, 5.74) is 0.196. The third kappa shape index (κ3) is 3.38. The van der Waals surface area contributed by atoms with E-state index in [1.807, 2.05) is 0 Å². The fourth-order valence-electron chi connectivity index (χ4n) is 2.74. The van der Waals surface area contributed by atoms with Gasteiger partial charge in [0.25, 0.3) is 5.91 Å². The molecule has 0 saturated carbocycles. The minimum Gasteiger partial charge on any atom is -0.491 e. The Hall–Kier alpha value is -2.48. The Bertz CT molecular complexity index is 718. The first kappa shape index (κ1) is 16.4. The maximum Gasteiger partial charge on any atom is 0.276 e. The molecule has 2 aromatic rings. The molecule has 0 radical (unpaired) electrons. The van der Waals surface area contributed by atoms with E-state index in [2.05, 4.69) is 20.5 Å². The van der Waals surface area contributed by atoms with E-state index in [-0.39, 0.29) is 17.4 Å². The monoisotopic (exact) mass is 336 g/mol. The number of piperidine rings is 1. The third-order valence-electron chi connectivity index (χ3n) is 3.95. The molecule has 1 atom stereocenters. The van der Waals surface area contributed by atoms with Crippen LogP contribution in [0.2, 0.25) is 0 Å². The van der Waals surface area contributed by atoms with Gasteiger partial charge < -0.3 is 15.4 Å². The highest BCUT2D eigenvalue weighted by Gasteiger charge is 2.19. The van der Waals surface area contributed by atoms with Crippen LogP contribution in [0.5, 0.6) is 5.75 Å². The average molecular weight is 336 g/mol. The molecular formula is C16H18F2N4O2. The number of methoxy groups -OCH3 is 1. The molecular weight excluding hydrogens is 318 g/mol. The highest BCUT2D eigenvalue weighted by atomic mass is 19.1. The zero-order valence-corrected chi connectivity index (χ0v) is 13.2. The van der Waals surface area contributed by atoms with Gasteiger partial charge in [0.2, 0.25) is 0 Å². The fourth-order valence-corrected chi connectivity index (χ4v) is 2.74. The fraction of sp³-hybridized carbons (Fsp3) is 0.375. The Kier molecular flexibility index (Phi) is 4.75. The van der Waals surface area contributed by atoms with Gasteiger partial charge in [-0.2, -0.15) is 5.10 Å². The number of nitrogens with one attached hydrogen (secondary N) is 2. The number of amides is 1. The lowest BCUT2D eigenvalue weighted by Gasteiger charge is -2.22. The first-order chi connectivity index (χ1) is 11.6. The van der Waals surface area contributed by atoms with Crippen LogP contribution in [0.15, 0.2) is 24.4 Å². The summed E-state index contributed by atoms with van der Waals surface area (Å²) in [5, 5.41) is 9.98. The Labute approximate surface area is 137 Å². The second-order valence-electron chi connectivity index (χ2n) is 5.61. The Morgan fingerprint density at radius 2 is 2.17 bits per heavy atom. The largest absolute Gasteiger partial charge is 0.491 e. The van der Waals surface area contributed by atoms with Crippen molar-refractivity contribution in [2.24, 2.45) is 0 Å². The lowest BCUT2D eigenvalue weighted by molar-refractivity contribution is 0.102. The summed E-state index contributed by atoms with van der Waals surface area (Å²) in [5.74, 6) is -2.78. The van der Waals surface area contributed by atoms with E-state index in [4.69, 9.17) is 0 Å². The minimum absolute atomic E-state index is 0.00434. The predicted molar refractivity (Wildman–Crippen MR) is 84.2 cm³/mol. The topological polar surface area (TPSA) is 68.2 Å². The number of carbonyl (C=O) groups is 1. The van der Waals surface area contributed by atoms with Gasteiger partial charge >= 0.3 is 0 Å². The minimum atomic E-state index is -0.883. The molecule has 0 aliphatic carbocycles. The van der Waals surface area contributed by atoms with Crippen molar-refractivity contribution < 1.29 is 18.3 Å². The molecule has 2 heterocycles. The third-order valence-corrected chi connectivity index (χ3v) is 3.95. The number of benzene rings is 1. The summed E-state index contributed by atoms with van der Waals surface area (Å²) in [7, 11) is 1.17. The van der Waals surface area contributed by atoms with Gasteiger partial charge in [0.1, 0.15) is 0 Å². The lowest BCUT2D eigenvalue weighted by atomic mass is 10.1. The predicted octanol–water partition coefficient (Wildman–Crippen LogP) is 2.35. The standard InChI is InChI=1S/C16H18F2N4O2/c1-24-15-12(17)7-10(8-13(15)18)20-16(23)14-4-6-22(21-14)11-3-2-5-19-9-11/h4,6-8,11,19H,2-3,5,9H2,1H3,(H,20,23). The summed E-state index contributed by atoms with van der Waals surface area (Å²) in [6.45, 7) is 1.79. The summed E-state index contributed by atoms with van der Waals surface area (Å²) < 4.78 is 33.7. The van der Waals surface area contributed by atoms with Crippen LogP contribution in [0, 0.1) is 11.6 Å². The molecule has 1 amide bonds. The van der Waals surface area contributed by atoms with Crippen LogP contribution in [-0.2, 0) is 0 Å². The quantitative estimate of drug-likeness (QED) is 0.899.